The lowest BCUT2D eigenvalue weighted by molar-refractivity contribution is 0.325. The van der Waals surface area contributed by atoms with E-state index in [1.807, 2.05) is 42.3 Å². The van der Waals surface area contributed by atoms with Crippen LogP contribution in [0.25, 0.3) is 0 Å². The van der Waals surface area contributed by atoms with Crippen molar-refractivity contribution in [2.45, 2.75) is 5.88 Å². The summed E-state index contributed by atoms with van der Waals surface area (Å²) in [5.74, 6) is 2.08. The first-order valence-electron chi connectivity index (χ1n) is 6.30. The van der Waals surface area contributed by atoms with E-state index in [2.05, 4.69) is 4.98 Å². The highest BCUT2D eigenvalue weighted by Gasteiger charge is 2.04. The molecule has 0 aliphatic heterocycles. The molecule has 0 N–H and O–H groups in total. The Balaban J connectivity index is 1.85. The van der Waals surface area contributed by atoms with Crippen molar-refractivity contribution < 1.29 is 4.74 Å². The quantitative estimate of drug-likeness (QED) is 0.754. The van der Waals surface area contributed by atoms with Gasteiger partial charge in [-0.15, -0.1) is 11.6 Å². The highest BCUT2D eigenvalue weighted by atomic mass is 35.5. The molecule has 2 rings (SSSR count). The van der Waals surface area contributed by atoms with E-state index in [-0.39, 0.29) is 0 Å². The van der Waals surface area contributed by atoms with Crippen LogP contribution in [-0.2, 0) is 5.88 Å². The van der Waals surface area contributed by atoms with Crippen LogP contribution in [0, 0.1) is 0 Å². The second kappa shape index (κ2) is 7.36. The van der Waals surface area contributed by atoms with Crippen LogP contribution in [0.2, 0.25) is 5.02 Å². The van der Waals surface area contributed by atoms with Crippen molar-refractivity contribution in [1.82, 2.24) is 4.98 Å². The van der Waals surface area contributed by atoms with Gasteiger partial charge in [-0.2, -0.15) is 0 Å². The number of hydrogen-bond acceptors (Lipinski definition) is 3. The first-order chi connectivity index (χ1) is 9.70. The van der Waals surface area contributed by atoms with Crippen molar-refractivity contribution in [1.29, 1.82) is 0 Å². The summed E-state index contributed by atoms with van der Waals surface area (Å²) in [5, 5.41) is 0.635. The Labute approximate surface area is 129 Å². The first kappa shape index (κ1) is 14.9. The number of anilines is 1. The highest BCUT2D eigenvalue weighted by molar-refractivity contribution is 6.32. The fraction of sp³-hybridized carbons (Fsp3) is 0.267. The molecular formula is C15H16Cl2N2O. The van der Waals surface area contributed by atoms with Gasteiger partial charge in [0.25, 0.3) is 0 Å². The van der Waals surface area contributed by atoms with Crippen molar-refractivity contribution >= 4 is 29.0 Å². The number of pyridine rings is 1. The monoisotopic (exact) mass is 310 g/mol. The van der Waals surface area contributed by atoms with Crippen LogP contribution < -0.4 is 9.64 Å². The second-order valence-electron chi connectivity index (χ2n) is 4.34. The SMILES string of the molecule is CN(CCOc1ccc(CCl)c(Cl)c1)c1ccccn1. The summed E-state index contributed by atoms with van der Waals surface area (Å²) in [7, 11) is 1.98. The summed E-state index contributed by atoms with van der Waals surface area (Å²) in [5.41, 5.74) is 0.909. The molecule has 1 aromatic carbocycles. The van der Waals surface area contributed by atoms with Crippen molar-refractivity contribution in [2.24, 2.45) is 0 Å². The van der Waals surface area contributed by atoms with Gasteiger partial charge in [0.1, 0.15) is 18.2 Å². The minimum Gasteiger partial charge on any atom is -0.492 e. The van der Waals surface area contributed by atoms with E-state index in [9.17, 15) is 0 Å². The third-order valence-corrected chi connectivity index (χ3v) is 3.54. The van der Waals surface area contributed by atoms with E-state index in [1.54, 1.807) is 12.3 Å². The smallest absolute Gasteiger partial charge is 0.128 e. The van der Waals surface area contributed by atoms with Crippen LogP contribution in [0.15, 0.2) is 42.6 Å². The molecule has 0 spiro atoms. The maximum atomic E-state index is 6.08. The zero-order valence-electron chi connectivity index (χ0n) is 11.2. The fourth-order valence-electron chi connectivity index (χ4n) is 1.72. The van der Waals surface area contributed by atoms with Crippen molar-refractivity contribution in [3.8, 4) is 5.75 Å². The lowest BCUT2D eigenvalue weighted by Gasteiger charge is -2.18. The molecule has 106 valence electrons. The second-order valence-corrected chi connectivity index (χ2v) is 5.02. The maximum Gasteiger partial charge on any atom is 0.128 e. The van der Waals surface area contributed by atoms with E-state index in [1.165, 1.54) is 0 Å². The van der Waals surface area contributed by atoms with Crippen LogP contribution >= 0.6 is 23.2 Å². The van der Waals surface area contributed by atoms with Crippen molar-refractivity contribution in [2.75, 3.05) is 25.1 Å². The molecule has 0 aliphatic carbocycles. The number of aromatic nitrogens is 1. The van der Waals surface area contributed by atoms with E-state index >= 15 is 0 Å². The zero-order chi connectivity index (χ0) is 14.4. The number of hydrogen-bond donors (Lipinski definition) is 0. The summed E-state index contributed by atoms with van der Waals surface area (Å²) >= 11 is 11.8. The van der Waals surface area contributed by atoms with Gasteiger partial charge in [0, 0.05) is 24.1 Å². The normalized spacial score (nSPS) is 10.3. The molecule has 1 heterocycles. The Bertz CT molecular complexity index is 549. The lowest BCUT2D eigenvalue weighted by Crippen LogP contribution is -2.24. The molecule has 3 nitrogen and oxygen atoms in total. The standard InChI is InChI=1S/C15H16Cl2N2O/c1-19(15-4-2-3-7-18-15)8-9-20-13-6-5-12(11-16)14(17)10-13/h2-7,10H,8-9,11H2,1H3. The van der Waals surface area contributed by atoms with Gasteiger partial charge in [-0.1, -0.05) is 23.7 Å². The molecule has 0 unspecified atom stereocenters. The Kier molecular flexibility index (Phi) is 5.50. The topological polar surface area (TPSA) is 25.4 Å². The molecule has 0 atom stereocenters. The van der Waals surface area contributed by atoms with Gasteiger partial charge in [-0.25, -0.2) is 4.98 Å². The van der Waals surface area contributed by atoms with E-state index < -0.39 is 0 Å². The van der Waals surface area contributed by atoms with Crippen LogP contribution in [0.1, 0.15) is 5.56 Å². The van der Waals surface area contributed by atoms with Gasteiger partial charge >= 0.3 is 0 Å². The lowest BCUT2D eigenvalue weighted by atomic mass is 10.2. The Morgan fingerprint density at radius 3 is 2.75 bits per heavy atom. The predicted octanol–water partition coefficient (Wildman–Crippen LogP) is 3.99. The summed E-state index contributed by atoms with van der Waals surface area (Å²) in [6, 6.07) is 11.4. The molecular weight excluding hydrogens is 295 g/mol. The number of likely N-dealkylation sites (N-methyl/N-ethyl adjacent to an activating group) is 1. The van der Waals surface area contributed by atoms with E-state index in [0.717, 1.165) is 23.7 Å². The summed E-state index contributed by atoms with van der Waals surface area (Å²) in [4.78, 5) is 6.31. The van der Waals surface area contributed by atoms with Crippen LogP contribution in [0.3, 0.4) is 0 Å². The van der Waals surface area contributed by atoms with Crippen LogP contribution in [0.4, 0.5) is 5.82 Å². The Morgan fingerprint density at radius 1 is 1.25 bits per heavy atom. The Hall–Kier alpha value is -1.45. The molecule has 0 saturated heterocycles. The largest absolute Gasteiger partial charge is 0.492 e. The number of benzene rings is 1. The first-order valence-corrected chi connectivity index (χ1v) is 7.21. The van der Waals surface area contributed by atoms with Gasteiger partial charge in [0.15, 0.2) is 0 Å². The number of alkyl halides is 1. The molecule has 5 heteroatoms. The molecule has 2 aromatic rings. The molecule has 0 fully saturated rings. The van der Waals surface area contributed by atoms with Crippen molar-refractivity contribution in [3.63, 3.8) is 0 Å². The Morgan fingerprint density at radius 2 is 2.10 bits per heavy atom. The minimum absolute atomic E-state index is 0.404. The summed E-state index contributed by atoms with van der Waals surface area (Å²) < 4.78 is 5.68. The summed E-state index contributed by atoms with van der Waals surface area (Å²) in [6.45, 7) is 1.30. The molecule has 1 aromatic heterocycles. The highest BCUT2D eigenvalue weighted by Crippen LogP contribution is 2.23. The zero-order valence-corrected chi connectivity index (χ0v) is 12.7. The third kappa shape index (κ3) is 4.02. The maximum absolute atomic E-state index is 6.08. The average Bonchev–Trinajstić information content (AvgIpc) is 2.48. The van der Waals surface area contributed by atoms with Gasteiger partial charge in [-0.3, -0.25) is 0 Å². The van der Waals surface area contributed by atoms with Gasteiger partial charge < -0.3 is 9.64 Å². The molecule has 20 heavy (non-hydrogen) atoms. The third-order valence-electron chi connectivity index (χ3n) is 2.90. The minimum atomic E-state index is 0.404. The van der Waals surface area contributed by atoms with E-state index in [4.69, 9.17) is 27.9 Å². The predicted molar refractivity (Wildman–Crippen MR) is 84.0 cm³/mol. The molecule has 0 aliphatic rings. The number of halogens is 2. The molecule has 0 radical (unpaired) electrons. The van der Waals surface area contributed by atoms with Crippen LogP contribution in [0.5, 0.6) is 5.75 Å². The van der Waals surface area contributed by atoms with Gasteiger partial charge in [0.05, 0.1) is 6.54 Å². The summed E-state index contributed by atoms with van der Waals surface area (Å²) in [6.07, 6.45) is 1.78. The molecule has 0 amide bonds. The number of ether oxygens (including phenoxy) is 1. The van der Waals surface area contributed by atoms with Crippen LogP contribution in [-0.4, -0.2) is 25.2 Å². The molecule has 0 bridgehead atoms. The fourth-order valence-corrected chi connectivity index (χ4v) is 2.26. The average molecular weight is 311 g/mol. The van der Waals surface area contributed by atoms with Gasteiger partial charge in [0.2, 0.25) is 0 Å². The number of nitrogens with zero attached hydrogens (tertiary/aromatic N) is 2. The number of rotatable bonds is 6. The van der Waals surface area contributed by atoms with E-state index in [0.29, 0.717) is 17.5 Å². The van der Waals surface area contributed by atoms with Gasteiger partial charge in [-0.05, 0) is 29.8 Å². The van der Waals surface area contributed by atoms with Crippen molar-refractivity contribution in [3.05, 3.63) is 53.2 Å². The molecule has 0 saturated carbocycles.